The van der Waals surface area contributed by atoms with Crippen LogP contribution in [0.2, 0.25) is 0 Å². The molecule has 0 amide bonds. The molecule has 4 nitrogen and oxygen atoms in total. The highest BCUT2D eigenvalue weighted by molar-refractivity contribution is 14.1. The fraction of sp³-hybridized carbons (Fsp3) is 0.727. The maximum Gasteiger partial charge on any atom is 0.127 e. The molecule has 0 aliphatic carbocycles. The zero-order chi connectivity index (χ0) is 12.2. The smallest absolute Gasteiger partial charge is 0.127 e. The van der Waals surface area contributed by atoms with Gasteiger partial charge in [0.15, 0.2) is 0 Å². The molecule has 0 aliphatic heterocycles. The van der Waals surface area contributed by atoms with Gasteiger partial charge < -0.3 is 10.4 Å². The minimum Gasteiger partial charge on any atom is -0.396 e. The molecule has 0 saturated carbocycles. The van der Waals surface area contributed by atoms with E-state index >= 15 is 0 Å². The maximum atomic E-state index is 8.92. The molecule has 0 unspecified atom stereocenters. The summed E-state index contributed by atoms with van der Waals surface area (Å²) in [5.74, 6) is 0. The number of aliphatic hydroxyl groups excluding tert-OH is 1. The molecule has 1 aromatic rings. The van der Waals surface area contributed by atoms with Gasteiger partial charge in [0, 0.05) is 38.5 Å². The van der Waals surface area contributed by atoms with Crippen molar-refractivity contribution in [2.75, 3.05) is 13.2 Å². The van der Waals surface area contributed by atoms with Gasteiger partial charge in [0.1, 0.15) is 3.70 Å². The van der Waals surface area contributed by atoms with E-state index in [2.05, 4.69) is 46.9 Å². The second-order valence-electron chi connectivity index (χ2n) is 4.86. The Bertz CT molecular complexity index is 336. The van der Waals surface area contributed by atoms with Crippen molar-refractivity contribution in [1.29, 1.82) is 0 Å². The lowest BCUT2D eigenvalue weighted by molar-refractivity contribution is 0.207. The molecular formula is C11H20IN3O. The van der Waals surface area contributed by atoms with Crippen molar-refractivity contribution in [2.45, 2.75) is 26.8 Å². The minimum atomic E-state index is 0.141. The molecule has 0 aliphatic rings. The van der Waals surface area contributed by atoms with Crippen LogP contribution in [0.15, 0.2) is 6.20 Å². The van der Waals surface area contributed by atoms with Gasteiger partial charge in [-0.15, -0.1) is 0 Å². The van der Waals surface area contributed by atoms with Gasteiger partial charge in [-0.2, -0.15) is 5.10 Å². The first kappa shape index (κ1) is 13.9. The first-order valence-corrected chi connectivity index (χ1v) is 6.52. The van der Waals surface area contributed by atoms with Crippen LogP contribution in [0.4, 0.5) is 0 Å². The van der Waals surface area contributed by atoms with Crippen molar-refractivity contribution in [3.8, 4) is 0 Å². The van der Waals surface area contributed by atoms with Crippen LogP contribution in [-0.2, 0) is 13.6 Å². The second kappa shape index (κ2) is 5.97. The Morgan fingerprint density at radius 2 is 2.25 bits per heavy atom. The highest BCUT2D eigenvalue weighted by Crippen LogP contribution is 2.18. The maximum absolute atomic E-state index is 8.92. The highest BCUT2D eigenvalue weighted by Gasteiger charge is 2.16. The summed E-state index contributed by atoms with van der Waals surface area (Å²) in [4.78, 5) is 0. The Morgan fingerprint density at radius 3 is 2.75 bits per heavy atom. The summed E-state index contributed by atoms with van der Waals surface area (Å²) in [5.41, 5.74) is 1.37. The number of hydrogen-bond acceptors (Lipinski definition) is 3. The molecule has 0 radical (unpaired) electrons. The Morgan fingerprint density at radius 1 is 1.56 bits per heavy atom. The van der Waals surface area contributed by atoms with Gasteiger partial charge in [0.05, 0.1) is 0 Å². The predicted octanol–water partition coefficient (Wildman–Crippen LogP) is 1.52. The van der Waals surface area contributed by atoms with E-state index in [1.54, 1.807) is 0 Å². The molecule has 2 N–H and O–H groups in total. The summed E-state index contributed by atoms with van der Waals surface area (Å²) in [6.45, 7) is 6.30. The van der Waals surface area contributed by atoms with Crippen LogP contribution >= 0.6 is 22.6 Å². The van der Waals surface area contributed by atoms with Crippen LogP contribution in [0.25, 0.3) is 0 Å². The van der Waals surface area contributed by atoms with Crippen LogP contribution in [0.5, 0.6) is 0 Å². The lowest BCUT2D eigenvalue weighted by atomic mass is 9.90. The van der Waals surface area contributed by atoms with Gasteiger partial charge >= 0.3 is 0 Å². The number of aromatic nitrogens is 2. The monoisotopic (exact) mass is 337 g/mol. The minimum absolute atomic E-state index is 0.141. The van der Waals surface area contributed by atoms with Gasteiger partial charge in [0.25, 0.3) is 0 Å². The Kier molecular flexibility index (Phi) is 5.20. The van der Waals surface area contributed by atoms with E-state index in [4.69, 9.17) is 5.11 Å². The number of aryl methyl sites for hydroxylation is 1. The Balaban J connectivity index is 2.38. The molecule has 0 spiro atoms. The number of nitrogens with one attached hydrogen (secondary N) is 1. The van der Waals surface area contributed by atoms with Crippen molar-refractivity contribution < 1.29 is 5.11 Å². The van der Waals surface area contributed by atoms with E-state index in [1.807, 2.05) is 17.9 Å². The SMILES string of the molecule is Cn1cc(CNCC(C)(C)CCO)c(I)n1. The molecule has 0 saturated heterocycles. The molecule has 0 bridgehead atoms. The fourth-order valence-electron chi connectivity index (χ4n) is 1.56. The van der Waals surface area contributed by atoms with E-state index < -0.39 is 0 Å². The third-order valence-electron chi connectivity index (χ3n) is 2.56. The van der Waals surface area contributed by atoms with Crippen LogP contribution in [0.3, 0.4) is 0 Å². The Labute approximate surface area is 111 Å². The van der Waals surface area contributed by atoms with Crippen molar-refractivity contribution >= 4 is 22.6 Å². The third kappa shape index (κ3) is 4.39. The summed E-state index contributed by atoms with van der Waals surface area (Å²) in [7, 11) is 1.93. The average molecular weight is 337 g/mol. The summed E-state index contributed by atoms with van der Waals surface area (Å²) >= 11 is 2.25. The second-order valence-corrected chi connectivity index (χ2v) is 5.88. The van der Waals surface area contributed by atoms with Crippen LogP contribution in [-0.4, -0.2) is 28.0 Å². The highest BCUT2D eigenvalue weighted by atomic mass is 127. The van der Waals surface area contributed by atoms with E-state index in [-0.39, 0.29) is 12.0 Å². The summed E-state index contributed by atoms with van der Waals surface area (Å²) in [6.07, 6.45) is 2.86. The van der Waals surface area contributed by atoms with E-state index in [9.17, 15) is 0 Å². The van der Waals surface area contributed by atoms with Gasteiger partial charge in [-0.1, -0.05) is 13.8 Å². The van der Waals surface area contributed by atoms with Crippen LogP contribution < -0.4 is 5.32 Å². The standard InChI is InChI=1S/C11H20IN3O/c1-11(2,4-5-16)8-13-6-9-7-15(3)14-10(9)12/h7,13,16H,4-6,8H2,1-3H3. The van der Waals surface area contributed by atoms with E-state index in [0.717, 1.165) is 23.2 Å². The fourth-order valence-corrected chi connectivity index (χ4v) is 2.23. The molecule has 0 atom stereocenters. The van der Waals surface area contributed by atoms with Gasteiger partial charge in [0.2, 0.25) is 0 Å². The summed E-state index contributed by atoms with van der Waals surface area (Å²) in [6, 6.07) is 0. The number of hydrogen-bond donors (Lipinski definition) is 2. The molecule has 5 heteroatoms. The van der Waals surface area contributed by atoms with Crippen molar-refractivity contribution in [3.63, 3.8) is 0 Å². The quantitative estimate of drug-likeness (QED) is 0.774. The number of halogens is 1. The third-order valence-corrected chi connectivity index (χ3v) is 3.47. The van der Waals surface area contributed by atoms with E-state index in [0.29, 0.717) is 0 Å². The molecule has 16 heavy (non-hydrogen) atoms. The van der Waals surface area contributed by atoms with Crippen molar-refractivity contribution in [2.24, 2.45) is 12.5 Å². The number of rotatable bonds is 6. The van der Waals surface area contributed by atoms with Gasteiger partial charge in [-0.05, 0) is 34.4 Å². The van der Waals surface area contributed by atoms with Gasteiger partial charge in [-0.25, -0.2) is 0 Å². The Hall–Kier alpha value is -0.140. The molecule has 0 aromatic carbocycles. The topological polar surface area (TPSA) is 50.1 Å². The molecule has 0 fully saturated rings. The summed E-state index contributed by atoms with van der Waals surface area (Å²) < 4.78 is 2.88. The predicted molar refractivity (Wildman–Crippen MR) is 73.1 cm³/mol. The molecule has 1 rings (SSSR count). The largest absolute Gasteiger partial charge is 0.396 e. The van der Waals surface area contributed by atoms with Crippen molar-refractivity contribution in [1.82, 2.24) is 15.1 Å². The average Bonchev–Trinajstić information content (AvgIpc) is 2.44. The molecule has 1 aromatic heterocycles. The first-order valence-electron chi connectivity index (χ1n) is 5.44. The van der Waals surface area contributed by atoms with Crippen LogP contribution in [0.1, 0.15) is 25.8 Å². The zero-order valence-electron chi connectivity index (χ0n) is 10.1. The normalized spacial score (nSPS) is 12.1. The lowest BCUT2D eigenvalue weighted by Gasteiger charge is -2.23. The number of aliphatic hydroxyl groups is 1. The molecular weight excluding hydrogens is 317 g/mol. The van der Waals surface area contributed by atoms with E-state index in [1.165, 1.54) is 5.56 Å². The lowest BCUT2D eigenvalue weighted by Crippen LogP contribution is -2.30. The zero-order valence-corrected chi connectivity index (χ0v) is 12.3. The van der Waals surface area contributed by atoms with Gasteiger partial charge in [-0.3, -0.25) is 4.68 Å². The van der Waals surface area contributed by atoms with Crippen molar-refractivity contribution in [3.05, 3.63) is 15.5 Å². The molecule has 1 heterocycles. The molecule has 92 valence electrons. The van der Waals surface area contributed by atoms with Crippen LogP contribution in [0, 0.1) is 9.12 Å². The summed E-state index contributed by atoms with van der Waals surface area (Å²) in [5, 5.41) is 16.6. The first-order chi connectivity index (χ1) is 7.44. The number of nitrogens with zero attached hydrogens (tertiary/aromatic N) is 2.